The second-order valence-electron chi connectivity index (χ2n) is 0.858. The Morgan fingerprint density at radius 1 is 1.80 bits per heavy atom. The zero-order valence-corrected chi connectivity index (χ0v) is 3.57. The first-order chi connectivity index (χ1) is 2.41. The van der Waals surface area contributed by atoms with Gasteiger partial charge in [0, 0.05) is 0 Å². The highest BCUT2D eigenvalue weighted by atomic mass is 13.6. The Morgan fingerprint density at radius 2 is 2.40 bits per heavy atom. The van der Waals surface area contributed by atoms with E-state index in [0.29, 0.717) is 0 Å². The molecule has 1 radical (unpaired) electrons. The Balaban J connectivity index is 2.62. The monoisotopic (exact) mass is 69.1 g/mol. The molecule has 0 heteroatoms. The van der Waals surface area contributed by atoms with Crippen LogP contribution in [0, 0.1) is 6.92 Å². The zero-order valence-electron chi connectivity index (χ0n) is 3.57. The van der Waals surface area contributed by atoms with Crippen molar-refractivity contribution in [1.29, 1.82) is 0 Å². The average molecular weight is 69.1 g/mol. The topological polar surface area (TPSA) is 0 Å². The third kappa shape index (κ3) is 3.74. The lowest BCUT2D eigenvalue weighted by Crippen LogP contribution is -1.44. The van der Waals surface area contributed by atoms with E-state index in [1.54, 1.807) is 0 Å². The van der Waals surface area contributed by atoms with Crippen LogP contribution in [0.25, 0.3) is 0 Å². The Kier molecular flexibility index (Phi) is 3.55. The fourth-order valence-electron chi connectivity index (χ4n) is 0.167. The largest absolute Gasteiger partial charge is 0.0917 e. The fourth-order valence-corrected chi connectivity index (χ4v) is 0.167. The molecular weight excluding hydrogens is 60.1 g/mol. The molecule has 0 aromatic rings. The van der Waals surface area contributed by atoms with Crippen LogP contribution in [0.15, 0.2) is 12.2 Å². The van der Waals surface area contributed by atoms with Crippen LogP contribution in [-0.4, -0.2) is 0 Å². The maximum Gasteiger partial charge on any atom is -0.0351 e. The van der Waals surface area contributed by atoms with Crippen LogP contribution in [0.1, 0.15) is 13.3 Å². The zero-order chi connectivity index (χ0) is 4.12. The van der Waals surface area contributed by atoms with Gasteiger partial charge in [0.15, 0.2) is 0 Å². The van der Waals surface area contributed by atoms with Crippen LogP contribution in [-0.2, 0) is 0 Å². The number of allylic oxidation sites excluding steroid dienone is 2. The maximum atomic E-state index is 3.59. The van der Waals surface area contributed by atoms with Gasteiger partial charge >= 0.3 is 0 Å². The summed E-state index contributed by atoms with van der Waals surface area (Å²) >= 11 is 0. The van der Waals surface area contributed by atoms with Gasteiger partial charge < -0.3 is 0 Å². The van der Waals surface area contributed by atoms with Crippen molar-refractivity contribution in [3.8, 4) is 0 Å². The van der Waals surface area contributed by atoms with Crippen LogP contribution in [0.4, 0.5) is 0 Å². The molecule has 5 heavy (non-hydrogen) atoms. The van der Waals surface area contributed by atoms with Crippen LogP contribution >= 0.6 is 0 Å². The van der Waals surface area contributed by atoms with Gasteiger partial charge in [0.25, 0.3) is 0 Å². The minimum atomic E-state index is 0.913. The SMILES string of the molecule is [CH2]C/C=C\C. The van der Waals surface area contributed by atoms with Gasteiger partial charge in [-0.25, -0.2) is 0 Å². The highest BCUT2D eigenvalue weighted by molar-refractivity contribution is 4.76. The molecule has 0 aromatic carbocycles. The Labute approximate surface area is 33.5 Å². The molecule has 0 aliphatic rings. The lowest BCUT2D eigenvalue weighted by Gasteiger charge is -1.64. The van der Waals surface area contributed by atoms with Crippen LogP contribution < -0.4 is 0 Å². The molecule has 0 nitrogen and oxygen atoms in total. The second-order valence-corrected chi connectivity index (χ2v) is 0.858. The highest BCUT2D eigenvalue weighted by Gasteiger charge is 1.52. The summed E-state index contributed by atoms with van der Waals surface area (Å²) in [5.41, 5.74) is 0. The second kappa shape index (κ2) is 3.74. The number of hydrogen-bond acceptors (Lipinski definition) is 0. The Bertz CT molecular complexity index is 27.0. The smallest absolute Gasteiger partial charge is 0.0351 e. The van der Waals surface area contributed by atoms with Crippen molar-refractivity contribution < 1.29 is 0 Å². The van der Waals surface area contributed by atoms with E-state index in [1.807, 2.05) is 19.1 Å². The summed E-state index contributed by atoms with van der Waals surface area (Å²) in [6, 6.07) is 0. The molecular formula is C5H9. The number of hydrogen-bond donors (Lipinski definition) is 0. The molecule has 0 atom stereocenters. The molecule has 0 N–H and O–H groups in total. The van der Waals surface area contributed by atoms with E-state index in [2.05, 4.69) is 6.92 Å². The minimum absolute atomic E-state index is 0.913. The van der Waals surface area contributed by atoms with Crippen LogP contribution in [0.3, 0.4) is 0 Å². The fraction of sp³-hybridized carbons (Fsp3) is 0.400. The van der Waals surface area contributed by atoms with Crippen molar-refractivity contribution in [2.45, 2.75) is 13.3 Å². The van der Waals surface area contributed by atoms with Crippen molar-refractivity contribution in [2.75, 3.05) is 0 Å². The molecule has 0 saturated heterocycles. The molecule has 0 bridgehead atoms. The molecule has 0 aliphatic heterocycles. The van der Waals surface area contributed by atoms with Crippen LogP contribution in [0.2, 0.25) is 0 Å². The van der Waals surface area contributed by atoms with Crippen molar-refractivity contribution >= 4 is 0 Å². The van der Waals surface area contributed by atoms with Gasteiger partial charge in [0.05, 0.1) is 0 Å². The summed E-state index contributed by atoms with van der Waals surface area (Å²) in [6.45, 7) is 5.58. The maximum absolute atomic E-state index is 3.59. The molecule has 0 aromatic heterocycles. The summed E-state index contributed by atoms with van der Waals surface area (Å²) in [4.78, 5) is 0. The van der Waals surface area contributed by atoms with Gasteiger partial charge in [-0.2, -0.15) is 0 Å². The van der Waals surface area contributed by atoms with E-state index < -0.39 is 0 Å². The minimum Gasteiger partial charge on any atom is -0.0917 e. The predicted octanol–water partition coefficient (Wildman–Crippen LogP) is 1.79. The van der Waals surface area contributed by atoms with E-state index in [0.717, 1.165) is 6.42 Å². The van der Waals surface area contributed by atoms with Gasteiger partial charge in [0.2, 0.25) is 0 Å². The van der Waals surface area contributed by atoms with Crippen LogP contribution in [0.5, 0.6) is 0 Å². The third-order valence-electron chi connectivity index (χ3n) is 0.402. The van der Waals surface area contributed by atoms with Gasteiger partial charge in [-0.15, -0.1) is 0 Å². The first kappa shape index (κ1) is 4.74. The van der Waals surface area contributed by atoms with E-state index in [-0.39, 0.29) is 0 Å². The molecule has 0 fully saturated rings. The summed E-state index contributed by atoms with van der Waals surface area (Å²) in [5, 5.41) is 0. The molecule has 0 amide bonds. The van der Waals surface area contributed by atoms with E-state index in [9.17, 15) is 0 Å². The van der Waals surface area contributed by atoms with E-state index in [1.165, 1.54) is 0 Å². The summed E-state index contributed by atoms with van der Waals surface area (Å²) in [7, 11) is 0. The molecule has 0 rings (SSSR count). The summed E-state index contributed by atoms with van der Waals surface area (Å²) in [5.74, 6) is 0. The lowest BCUT2D eigenvalue weighted by molar-refractivity contribution is 1.39. The Morgan fingerprint density at radius 3 is 2.40 bits per heavy atom. The predicted molar refractivity (Wildman–Crippen MR) is 24.8 cm³/mol. The van der Waals surface area contributed by atoms with E-state index in [4.69, 9.17) is 0 Å². The molecule has 29 valence electrons. The molecule has 0 saturated carbocycles. The van der Waals surface area contributed by atoms with Gasteiger partial charge in [-0.05, 0) is 20.3 Å². The lowest BCUT2D eigenvalue weighted by atomic mass is 10.4. The average Bonchev–Trinajstić information content (AvgIpc) is 1.41. The van der Waals surface area contributed by atoms with Crippen molar-refractivity contribution in [1.82, 2.24) is 0 Å². The summed E-state index contributed by atoms with van der Waals surface area (Å²) < 4.78 is 0. The summed E-state index contributed by atoms with van der Waals surface area (Å²) in [6.07, 6.45) is 4.92. The van der Waals surface area contributed by atoms with Gasteiger partial charge in [0.1, 0.15) is 0 Å². The van der Waals surface area contributed by atoms with Crippen molar-refractivity contribution in [3.05, 3.63) is 19.1 Å². The van der Waals surface area contributed by atoms with Crippen molar-refractivity contribution in [2.24, 2.45) is 0 Å². The molecule has 0 unspecified atom stereocenters. The van der Waals surface area contributed by atoms with E-state index >= 15 is 0 Å². The highest BCUT2D eigenvalue weighted by Crippen LogP contribution is 1.72. The Hall–Kier alpha value is -0.260. The quantitative estimate of drug-likeness (QED) is 0.412. The molecule has 0 spiro atoms. The third-order valence-corrected chi connectivity index (χ3v) is 0.402. The number of rotatable bonds is 1. The standard InChI is InChI=1S/C5H9/c1-3-5-4-2/h4-5H,1,3H2,2H3/b5-4-. The van der Waals surface area contributed by atoms with Gasteiger partial charge in [-0.1, -0.05) is 12.2 Å². The normalized spacial score (nSPS) is 10.0. The first-order valence-electron chi connectivity index (χ1n) is 1.82. The molecule has 0 aliphatic carbocycles. The molecule has 0 heterocycles. The first-order valence-corrected chi connectivity index (χ1v) is 1.82. The van der Waals surface area contributed by atoms with Gasteiger partial charge in [-0.3, -0.25) is 0 Å². The van der Waals surface area contributed by atoms with Crippen molar-refractivity contribution in [3.63, 3.8) is 0 Å².